The van der Waals surface area contributed by atoms with E-state index in [1.807, 2.05) is 0 Å². The van der Waals surface area contributed by atoms with Crippen LogP contribution >= 0.6 is 0 Å². The summed E-state index contributed by atoms with van der Waals surface area (Å²) in [6, 6.07) is 4.83. The molecule has 1 aromatic rings. The summed E-state index contributed by atoms with van der Waals surface area (Å²) in [5, 5.41) is 21.3. The van der Waals surface area contributed by atoms with Gasteiger partial charge in [-0.2, -0.15) is 13.2 Å². The minimum atomic E-state index is -4.58. The van der Waals surface area contributed by atoms with Crippen molar-refractivity contribution in [2.45, 2.75) is 32.1 Å². The van der Waals surface area contributed by atoms with E-state index in [0.29, 0.717) is 6.42 Å². The topological polar surface area (TPSA) is 89.5 Å². The van der Waals surface area contributed by atoms with Crippen molar-refractivity contribution in [2.75, 3.05) is 18.0 Å². The SMILES string of the molecule is CCCN(CCC([N+](=O)[O-])[N+](=O)[O-])c1ccccc1C(F)(F)F. The van der Waals surface area contributed by atoms with Gasteiger partial charge in [0.2, 0.25) is 0 Å². The molecule has 1 rings (SSSR count). The number of nitrogens with zero attached hydrogens (tertiary/aromatic N) is 3. The third-order valence-electron chi connectivity index (χ3n) is 3.19. The highest BCUT2D eigenvalue weighted by molar-refractivity contribution is 5.55. The number of alkyl halides is 3. The molecule has 0 heterocycles. The van der Waals surface area contributed by atoms with Gasteiger partial charge >= 0.3 is 12.3 Å². The van der Waals surface area contributed by atoms with Gasteiger partial charge in [-0.15, -0.1) is 0 Å². The van der Waals surface area contributed by atoms with E-state index in [1.165, 1.54) is 23.1 Å². The molecular weight excluding hydrogens is 319 g/mol. The zero-order chi connectivity index (χ0) is 17.6. The number of para-hydroxylation sites is 1. The zero-order valence-electron chi connectivity index (χ0n) is 12.3. The normalized spacial score (nSPS) is 11.5. The Morgan fingerprint density at radius 3 is 2.17 bits per heavy atom. The highest BCUT2D eigenvalue weighted by Gasteiger charge is 2.36. The van der Waals surface area contributed by atoms with E-state index in [4.69, 9.17) is 0 Å². The van der Waals surface area contributed by atoms with Crippen LogP contribution in [0, 0.1) is 20.2 Å². The van der Waals surface area contributed by atoms with Gasteiger partial charge in [0, 0.05) is 18.8 Å². The summed E-state index contributed by atoms with van der Waals surface area (Å²) in [4.78, 5) is 20.5. The van der Waals surface area contributed by atoms with E-state index in [0.717, 1.165) is 6.07 Å². The average Bonchev–Trinajstić information content (AvgIpc) is 2.44. The molecule has 0 fully saturated rings. The number of rotatable bonds is 8. The van der Waals surface area contributed by atoms with Gasteiger partial charge in [0.05, 0.1) is 15.4 Å². The summed E-state index contributed by atoms with van der Waals surface area (Å²) < 4.78 is 39.2. The third kappa shape index (κ3) is 5.08. The Labute approximate surface area is 130 Å². The van der Waals surface area contributed by atoms with Crippen molar-refractivity contribution in [1.82, 2.24) is 0 Å². The quantitative estimate of drug-likeness (QED) is 0.413. The molecule has 0 atom stereocenters. The fourth-order valence-electron chi connectivity index (χ4n) is 2.17. The van der Waals surface area contributed by atoms with Crippen molar-refractivity contribution >= 4 is 5.69 Å². The maximum atomic E-state index is 13.1. The van der Waals surface area contributed by atoms with Crippen LogP contribution in [0.2, 0.25) is 0 Å². The third-order valence-corrected chi connectivity index (χ3v) is 3.19. The minimum Gasteiger partial charge on any atom is -0.370 e. The number of nitro groups is 2. The molecule has 128 valence electrons. The summed E-state index contributed by atoms with van der Waals surface area (Å²) in [6.45, 7) is 1.73. The predicted molar refractivity (Wildman–Crippen MR) is 76.3 cm³/mol. The number of anilines is 1. The summed E-state index contributed by atoms with van der Waals surface area (Å²) in [6.07, 6.45) is -6.60. The molecule has 0 unspecified atom stereocenters. The van der Waals surface area contributed by atoms with E-state index in [-0.39, 0.29) is 18.8 Å². The van der Waals surface area contributed by atoms with Crippen molar-refractivity contribution < 1.29 is 23.0 Å². The Hall–Kier alpha value is -2.39. The molecule has 0 aromatic heterocycles. The zero-order valence-corrected chi connectivity index (χ0v) is 12.3. The second kappa shape index (κ2) is 7.75. The Balaban J connectivity index is 3.04. The smallest absolute Gasteiger partial charge is 0.370 e. The highest BCUT2D eigenvalue weighted by atomic mass is 19.4. The van der Waals surface area contributed by atoms with Crippen LogP contribution in [0.1, 0.15) is 25.3 Å². The number of hydrogen-bond donors (Lipinski definition) is 0. The lowest BCUT2D eigenvalue weighted by Gasteiger charge is -2.27. The van der Waals surface area contributed by atoms with Crippen molar-refractivity contribution in [3.8, 4) is 0 Å². The number of benzene rings is 1. The van der Waals surface area contributed by atoms with Crippen LogP contribution in [-0.4, -0.2) is 29.1 Å². The van der Waals surface area contributed by atoms with Crippen molar-refractivity contribution in [1.29, 1.82) is 0 Å². The van der Waals surface area contributed by atoms with Crippen LogP contribution in [0.15, 0.2) is 24.3 Å². The van der Waals surface area contributed by atoms with Crippen LogP contribution in [0.4, 0.5) is 18.9 Å². The largest absolute Gasteiger partial charge is 0.452 e. The molecule has 0 N–H and O–H groups in total. The molecule has 0 bridgehead atoms. The summed E-state index contributed by atoms with van der Waals surface area (Å²) in [5.41, 5.74) is -1.00. The fourth-order valence-corrected chi connectivity index (χ4v) is 2.17. The van der Waals surface area contributed by atoms with Gasteiger partial charge in [-0.1, -0.05) is 19.1 Å². The molecule has 7 nitrogen and oxygen atoms in total. The lowest BCUT2D eigenvalue weighted by atomic mass is 10.1. The van der Waals surface area contributed by atoms with E-state index in [1.54, 1.807) is 6.92 Å². The molecule has 0 saturated carbocycles. The van der Waals surface area contributed by atoms with E-state index < -0.39 is 34.2 Å². The van der Waals surface area contributed by atoms with Crippen LogP contribution in [-0.2, 0) is 6.18 Å². The number of halogens is 3. The van der Waals surface area contributed by atoms with Gasteiger partial charge in [0.1, 0.15) is 6.42 Å². The van der Waals surface area contributed by atoms with Gasteiger partial charge in [-0.05, 0) is 18.6 Å². The van der Waals surface area contributed by atoms with Gasteiger partial charge in [-0.25, -0.2) is 0 Å². The first-order valence-electron chi connectivity index (χ1n) is 6.86. The maximum Gasteiger partial charge on any atom is 0.452 e. The Bertz CT molecular complexity index is 552. The molecule has 0 aliphatic heterocycles. The predicted octanol–water partition coefficient (Wildman–Crippen LogP) is 3.19. The first kappa shape index (κ1) is 18.7. The summed E-state index contributed by atoms with van der Waals surface area (Å²) in [5.74, 6) is 0. The molecule has 0 aliphatic rings. The fraction of sp³-hybridized carbons (Fsp3) is 0.538. The molecule has 1 aromatic carbocycles. The lowest BCUT2D eigenvalue weighted by molar-refractivity contribution is -0.742. The average molecular weight is 335 g/mol. The van der Waals surface area contributed by atoms with Crippen LogP contribution in [0.5, 0.6) is 0 Å². The van der Waals surface area contributed by atoms with Crippen molar-refractivity contribution in [3.05, 3.63) is 50.1 Å². The Morgan fingerprint density at radius 1 is 1.13 bits per heavy atom. The number of hydrogen-bond acceptors (Lipinski definition) is 5. The van der Waals surface area contributed by atoms with Crippen LogP contribution < -0.4 is 4.90 Å². The van der Waals surface area contributed by atoms with Crippen molar-refractivity contribution in [3.63, 3.8) is 0 Å². The van der Waals surface area contributed by atoms with Gasteiger partial charge in [-0.3, -0.25) is 20.2 Å². The van der Waals surface area contributed by atoms with E-state index >= 15 is 0 Å². The molecule has 0 radical (unpaired) electrons. The maximum absolute atomic E-state index is 13.1. The first-order chi connectivity index (χ1) is 10.7. The molecular formula is C13H16F3N3O4. The second-order valence-electron chi connectivity index (χ2n) is 4.84. The van der Waals surface area contributed by atoms with E-state index in [2.05, 4.69) is 0 Å². The highest BCUT2D eigenvalue weighted by Crippen LogP contribution is 2.36. The Morgan fingerprint density at radius 2 is 1.70 bits per heavy atom. The molecule has 23 heavy (non-hydrogen) atoms. The van der Waals surface area contributed by atoms with Crippen LogP contribution in [0.3, 0.4) is 0 Å². The van der Waals surface area contributed by atoms with E-state index in [9.17, 15) is 33.4 Å². The molecule has 0 saturated heterocycles. The standard InChI is InChI=1S/C13H16F3N3O4/c1-2-8-17(9-7-12(18(20)21)19(22)23)11-6-4-3-5-10(11)13(14,15)16/h3-6,12H,2,7-9H2,1H3. The summed E-state index contributed by atoms with van der Waals surface area (Å²) >= 11 is 0. The molecule has 10 heteroatoms. The van der Waals surface area contributed by atoms with Gasteiger partial charge in [0.15, 0.2) is 0 Å². The molecule has 0 amide bonds. The van der Waals surface area contributed by atoms with Crippen LogP contribution in [0.25, 0.3) is 0 Å². The molecule has 0 aliphatic carbocycles. The van der Waals surface area contributed by atoms with Gasteiger partial charge in [0.25, 0.3) is 0 Å². The van der Waals surface area contributed by atoms with Gasteiger partial charge < -0.3 is 4.90 Å². The lowest BCUT2D eigenvalue weighted by Crippen LogP contribution is -2.35. The second-order valence-corrected chi connectivity index (χ2v) is 4.84. The Kier molecular flexibility index (Phi) is 6.28. The monoisotopic (exact) mass is 335 g/mol. The van der Waals surface area contributed by atoms with Crippen molar-refractivity contribution in [2.24, 2.45) is 0 Å². The molecule has 0 spiro atoms. The minimum absolute atomic E-state index is 0.132. The first-order valence-corrected chi connectivity index (χ1v) is 6.86. The summed E-state index contributed by atoms with van der Waals surface area (Å²) in [7, 11) is 0.